The maximum absolute atomic E-state index is 5.67. The van der Waals surface area contributed by atoms with Gasteiger partial charge in [0.25, 0.3) is 0 Å². The topological polar surface area (TPSA) is 18.5 Å². The van der Waals surface area contributed by atoms with Gasteiger partial charge in [-0.2, -0.15) is 0 Å². The van der Waals surface area contributed by atoms with Crippen LogP contribution in [0.15, 0.2) is 0 Å². The van der Waals surface area contributed by atoms with E-state index in [0.717, 1.165) is 32.0 Å². The molecule has 13 heavy (non-hydrogen) atoms. The van der Waals surface area contributed by atoms with Crippen LogP contribution in [0.2, 0.25) is 0 Å². The van der Waals surface area contributed by atoms with Crippen LogP contribution in [-0.2, 0) is 9.47 Å². The van der Waals surface area contributed by atoms with Crippen molar-refractivity contribution < 1.29 is 9.47 Å². The molecule has 0 aromatic carbocycles. The summed E-state index contributed by atoms with van der Waals surface area (Å²) < 4.78 is 11.3. The molecule has 0 N–H and O–H groups in total. The van der Waals surface area contributed by atoms with Gasteiger partial charge in [0.1, 0.15) is 0 Å². The Bertz CT molecular complexity index is 151. The minimum atomic E-state index is -0.169. The molecule has 2 heteroatoms. The van der Waals surface area contributed by atoms with E-state index in [1.165, 1.54) is 19.3 Å². The second-order valence-corrected chi connectivity index (χ2v) is 4.09. The second kappa shape index (κ2) is 3.97. The fourth-order valence-corrected chi connectivity index (χ4v) is 2.43. The number of hydrogen-bond donors (Lipinski definition) is 0. The fourth-order valence-electron chi connectivity index (χ4n) is 2.43. The quantitative estimate of drug-likeness (QED) is 0.655. The largest absolute Gasteiger partial charge is 0.348 e. The summed E-state index contributed by atoms with van der Waals surface area (Å²) in [6.45, 7) is 3.80. The third kappa shape index (κ3) is 2.05. The first kappa shape index (κ1) is 9.47. The first-order valence-corrected chi connectivity index (χ1v) is 5.46. The Balaban J connectivity index is 1.81. The van der Waals surface area contributed by atoms with Gasteiger partial charge in [-0.25, -0.2) is 0 Å². The average molecular weight is 183 g/mol. The van der Waals surface area contributed by atoms with Crippen LogP contribution in [0.3, 0.4) is 0 Å². The zero-order valence-electron chi connectivity index (χ0n) is 8.42. The summed E-state index contributed by atoms with van der Waals surface area (Å²) in [6, 6.07) is 0. The van der Waals surface area contributed by atoms with Gasteiger partial charge in [-0.05, 0) is 25.2 Å². The van der Waals surface area contributed by atoms with Gasteiger partial charge in [0.2, 0.25) is 0 Å². The van der Waals surface area contributed by atoms with Crippen LogP contribution >= 0.6 is 0 Å². The minimum absolute atomic E-state index is 0.169. The van der Waals surface area contributed by atoms with Crippen molar-refractivity contribution in [3.63, 3.8) is 0 Å². The molecule has 1 aliphatic heterocycles. The summed E-state index contributed by atoms with van der Waals surface area (Å²) in [5.41, 5.74) is 0. The zero-order valence-corrected chi connectivity index (χ0v) is 8.42. The average Bonchev–Trinajstić information content (AvgIpc) is 2.59. The highest BCUT2D eigenvalue weighted by Crippen LogP contribution is 2.39. The molecule has 0 bridgehead atoms. The van der Waals surface area contributed by atoms with E-state index in [1.54, 1.807) is 0 Å². The minimum Gasteiger partial charge on any atom is -0.348 e. The molecule has 1 saturated carbocycles. The molecule has 0 aromatic rings. The molecule has 1 saturated heterocycles. The molecular formula is C11H19O2. The SMILES string of the molecule is CC[CH]C1CCC2(CC1)OCCO2. The maximum Gasteiger partial charge on any atom is 0.168 e. The summed E-state index contributed by atoms with van der Waals surface area (Å²) in [6.07, 6.45) is 8.30. The Hall–Kier alpha value is -0.0800. The molecule has 0 atom stereocenters. The van der Waals surface area contributed by atoms with Gasteiger partial charge in [-0.1, -0.05) is 13.3 Å². The van der Waals surface area contributed by atoms with E-state index in [0.29, 0.717) is 0 Å². The van der Waals surface area contributed by atoms with Crippen LogP contribution in [0.25, 0.3) is 0 Å². The number of ether oxygens (including phenoxy) is 2. The molecule has 1 heterocycles. The normalized spacial score (nSPS) is 28.4. The standard InChI is InChI=1S/C11H19O2/c1-2-3-10-4-6-11(7-5-10)12-8-9-13-11/h3,10H,2,4-9H2,1H3. The highest BCUT2D eigenvalue weighted by molar-refractivity contribution is 4.87. The maximum atomic E-state index is 5.67. The molecule has 0 unspecified atom stereocenters. The van der Waals surface area contributed by atoms with Gasteiger partial charge in [-0.15, -0.1) is 0 Å². The summed E-state index contributed by atoms with van der Waals surface area (Å²) in [4.78, 5) is 0. The van der Waals surface area contributed by atoms with Crippen LogP contribution in [0.1, 0.15) is 39.0 Å². The summed E-state index contributed by atoms with van der Waals surface area (Å²) in [5.74, 6) is 0.640. The van der Waals surface area contributed by atoms with Gasteiger partial charge in [0.05, 0.1) is 13.2 Å². The van der Waals surface area contributed by atoms with E-state index in [2.05, 4.69) is 13.3 Å². The van der Waals surface area contributed by atoms with E-state index < -0.39 is 0 Å². The number of hydrogen-bond acceptors (Lipinski definition) is 2. The first-order valence-electron chi connectivity index (χ1n) is 5.46. The second-order valence-electron chi connectivity index (χ2n) is 4.09. The van der Waals surface area contributed by atoms with Crippen LogP contribution < -0.4 is 0 Å². The van der Waals surface area contributed by atoms with Gasteiger partial charge in [0, 0.05) is 12.8 Å². The highest BCUT2D eigenvalue weighted by Gasteiger charge is 2.39. The first-order chi connectivity index (χ1) is 6.35. The van der Waals surface area contributed by atoms with Crippen molar-refractivity contribution in [3.05, 3.63) is 6.42 Å². The van der Waals surface area contributed by atoms with Crippen molar-refractivity contribution in [2.75, 3.05) is 13.2 Å². The van der Waals surface area contributed by atoms with E-state index >= 15 is 0 Å². The smallest absolute Gasteiger partial charge is 0.168 e. The Morgan fingerprint density at radius 2 is 1.85 bits per heavy atom. The molecule has 0 aromatic heterocycles. The van der Waals surface area contributed by atoms with E-state index in [4.69, 9.17) is 9.47 Å². The Morgan fingerprint density at radius 3 is 2.38 bits per heavy atom. The molecule has 2 fully saturated rings. The molecule has 2 nitrogen and oxygen atoms in total. The molecule has 2 rings (SSSR count). The summed E-state index contributed by atoms with van der Waals surface area (Å²) >= 11 is 0. The highest BCUT2D eigenvalue weighted by atomic mass is 16.7. The van der Waals surface area contributed by atoms with Crippen molar-refractivity contribution in [1.29, 1.82) is 0 Å². The van der Waals surface area contributed by atoms with Crippen molar-refractivity contribution >= 4 is 0 Å². The lowest BCUT2D eigenvalue weighted by molar-refractivity contribution is -0.181. The van der Waals surface area contributed by atoms with E-state index in [9.17, 15) is 0 Å². The molecule has 0 amide bonds. The monoisotopic (exact) mass is 183 g/mol. The van der Waals surface area contributed by atoms with Crippen LogP contribution in [0.5, 0.6) is 0 Å². The van der Waals surface area contributed by atoms with Gasteiger partial charge < -0.3 is 9.47 Å². The number of rotatable bonds is 2. The lowest BCUT2D eigenvalue weighted by Gasteiger charge is -2.35. The molecule has 2 aliphatic rings. The van der Waals surface area contributed by atoms with Gasteiger partial charge in [0.15, 0.2) is 5.79 Å². The van der Waals surface area contributed by atoms with Crippen molar-refractivity contribution in [2.45, 2.75) is 44.8 Å². The molecule has 1 aliphatic carbocycles. The van der Waals surface area contributed by atoms with Crippen molar-refractivity contribution in [2.24, 2.45) is 5.92 Å². The summed E-state index contributed by atoms with van der Waals surface area (Å²) in [7, 11) is 0. The third-order valence-electron chi connectivity index (χ3n) is 3.17. The van der Waals surface area contributed by atoms with Crippen LogP contribution in [0.4, 0.5) is 0 Å². The Morgan fingerprint density at radius 1 is 1.23 bits per heavy atom. The van der Waals surface area contributed by atoms with E-state index in [-0.39, 0.29) is 5.79 Å². The van der Waals surface area contributed by atoms with Gasteiger partial charge >= 0.3 is 0 Å². The van der Waals surface area contributed by atoms with Crippen molar-refractivity contribution in [3.8, 4) is 0 Å². The van der Waals surface area contributed by atoms with Crippen LogP contribution in [0, 0.1) is 12.3 Å². The predicted molar refractivity (Wildman–Crippen MR) is 51.2 cm³/mol. The fraction of sp³-hybridized carbons (Fsp3) is 0.909. The molecule has 75 valence electrons. The Kier molecular flexibility index (Phi) is 2.89. The van der Waals surface area contributed by atoms with Crippen LogP contribution in [-0.4, -0.2) is 19.0 Å². The molecule has 1 spiro atoms. The molecular weight excluding hydrogens is 164 g/mol. The van der Waals surface area contributed by atoms with Crippen molar-refractivity contribution in [1.82, 2.24) is 0 Å². The lowest BCUT2D eigenvalue weighted by Crippen LogP contribution is -2.35. The Labute approximate surface area is 80.6 Å². The summed E-state index contributed by atoms with van der Waals surface area (Å²) in [5, 5.41) is 0. The van der Waals surface area contributed by atoms with E-state index in [1.807, 2.05) is 0 Å². The molecule has 1 radical (unpaired) electrons. The van der Waals surface area contributed by atoms with Gasteiger partial charge in [-0.3, -0.25) is 0 Å². The zero-order chi connectivity index (χ0) is 9.15. The predicted octanol–water partition coefficient (Wildman–Crippen LogP) is 2.53. The third-order valence-corrected chi connectivity index (χ3v) is 3.17. The lowest BCUT2D eigenvalue weighted by atomic mass is 9.83.